The number of rotatable bonds is 4. The predicted molar refractivity (Wildman–Crippen MR) is 98.1 cm³/mol. The molecule has 1 atom stereocenters. The Balaban J connectivity index is 1.82. The molecule has 7 heteroatoms. The van der Waals surface area contributed by atoms with E-state index in [0.717, 1.165) is 11.1 Å². The first-order valence-electron chi connectivity index (χ1n) is 8.36. The summed E-state index contributed by atoms with van der Waals surface area (Å²) in [5, 5.41) is 0. The summed E-state index contributed by atoms with van der Waals surface area (Å²) in [6, 6.07) is 8.20. The van der Waals surface area contributed by atoms with Crippen LogP contribution in [-0.4, -0.2) is 26.9 Å². The van der Waals surface area contributed by atoms with Gasteiger partial charge in [-0.1, -0.05) is 6.07 Å². The van der Waals surface area contributed by atoms with E-state index in [1.807, 2.05) is 19.9 Å². The zero-order chi connectivity index (χ0) is 19.1. The Morgan fingerprint density at radius 3 is 2.31 bits per heavy atom. The number of halogens is 1. The first-order chi connectivity index (χ1) is 12.2. The van der Waals surface area contributed by atoms with Gasteiger partial charge >= 0.3 is 0 Å². The summed E-state index contributed by atoms with van der Waals surface area (Å²) in [6.45, 7) is 5.89. The molecule has 2 aromatic carbocycles. The van der Waals surface area contributed by atoms with Gasteiger partial charge in [-0.05, 0) is 74.2 Å². The van der Waals surface area contributed by atoms with Gasteiger partial charge in [0.15, 0.2) is 0 Å². The van der Waals surface area contributed by atoms with Crippen molar-refractivity contribution in [2.75, 3.05) is 11.4 Å². The number of hydrogen-bond donors (Lipinski definition) is 1. The van der Waals surface area contributed by atoms with Gasteiger partial charge in [-0.25, -0.2) is 12.8 Å². The normalized spacial score (nSPS) is 17.8. The van der Waals surface area contributed by atoms with E-state index in [2.05, 4.69) is 4.72 Å². The zero-order valence-corrected chi connectivity index (χ0v) is 15.7. The predicted octanol–water partition coefficient (Wildman–Crippen LogP) is 2.83. The Morgan fingerprint density at radius 1 is 1.04 bits per heavy atom. The van der Waals surface area contributed by atoms with Crippen molar-refractivity contribution >= 4 is 21.6 Å². The van der Waals surface area contributed by atoms with E-state index >= 15 is 0 Å². The van der Waals surface area contributed by atoms with Crippen LogP contribution in [0.3, 0.4) is 0 Å². The van der Waals surface area contributed by atoms with Gasteiger partial charge < -0.3 is 4.90 Å². The van der Waals surface area contributed by atoms with E-state index in [9.17, 15) is 17.6 Å². The lowest BCUT2D eigenvalue weighted by molar-refractivity contribution is -0.118. The minimum Gasteiger partial charge on any atom is -0.311 e. The molecule has 1 aliphatic rings. The van der Waals surface area contributed by atoms with Crippen LogP contribution in [0.2, 0.25) is 0 Å². The summed E-state index contributed by atoms with van der Waals surface area (Å²) < 4.78 is 41.1. The van der Waals surface area contributed by atoms with Crippen molar-refractivity contribution in [2.45, 2.75) is 38.1 Å². The molecule has 1 amide bonds. The molecule has 0 radical (unpaired) electrons. The summed E-state index contributed by atoms with van der Waals surface area (Å²) in [5.74, 6) is -0.718. The van der Waals surface area contributed by atoms with Gasteiger partial charge in [-0.3, -0.25) is 4.79 Å². The van der Waals surface area contributed by atoms with Crippen LogP contribution in [-0.2, 0) is 14.8 Å². The monoisotopic (exact) mass is 376 g/mol. The fraction of sp³-hybridized carbons (Fsp3) is 0.316. The lowest BCUT2D eigenvalue weighted by Crippen LogP contribution is -2.41. The topological polar surface area (TPSA) is 66.5 Å². The van der Waals surface area contributed by atoms with Crippen LogP contribution in [0.5, 0.6) is 0 Å². The Morgan fingerprint density at radius 2 is 1.65 bits per heavy atom. The lowest BCUT2D eigenvalue weighted by Gasteiger charge is -2.18. The number of carbonyl (C=O) groups is 1. The smallest absolute Gasteiger partial charge is 0.245 e. The number of anilines is 1. The third-order valence-corrected chi connectivity index (χ3v) is 6.34. The highest BCUT2D eigenvalue weighted by Crippen LogP contribution is 2.25. The fourth-order valence-corrected chi connectivity index (χ4v) is 4.68. The van der Waals surface area contributed by atoms with E-state index < -0.39 is 16.1 Å². The van der Waals surface area contributed by atoms with Gasteiger partial charge in [0.05, 0.1) is 4.90 Å². The standard InChI is InChI=1S/C19H21FN2O3S/c1-12-10-14(3)18(11-13(12)2)26(24,25)21-17-8-9-22(19(17)23)16-6-4-15(20)5-7-16/h4-7,10-11,17,21H,8-9H2,1-3H3/t17-/m0/s1. The van der Waals surface area contributed by atoms with Crippen molar-refractivity contribution in [2.24, 2.45) is 0 Å². The van der Waals surface area contributed by atoms with Gasteiger partial charge in [0.2, 0.25) is 15.9 Å². The Bertz CT molecular complexity index is 955. The molecule has 0 aliphatic carbocycles. The van der Waals surface area contributed by atoms with Crippen molar-refractivity contribution < 1.29 is 17.6 Å². The van der Waals surface area contributed by atoms with Crippen molar-refractivity contribution in [1.82, 2.24) is 4.72 Å². The molecule has 0 bridgehead atoms. The average molecular weight is 376 g/mol. The number of sulfonamides is 1. The third-order valence-electron chi connectivity index (χ3n) is 4.72. The average Bonchev–Trinajstić information content (AvgIpc) is 2.92. The fourth-order valence-electron chi connectivity index (χ4n) is 3.14. The Labute approximate surface area is 152 Å². The molecule has 0 unspecified atom stereocenters. The van der Waals surface area contributed by atoms with Gasteiger partial charge in [0.1, 0.15) is 11.9 Å². The van der Waals surface area contributed by atoms with Crippen molar-refractivity contribution in [3.63, 3.8) is 0 Å². The van der Waals surface area contributed by atoms with Crippen LogP contribution < -0.4 is 9.62 Å². The molecule has 1 saturated heterocycles. The second-order valence-electron chi connectivity index (χ2n) is 6.63. The summed E-state index contributed by atoms with van der Waals surface area (Å²) in [6.07, 6.45) is 0.360. The molecular formula is C19H21FN2O3S. The number of aryl methyl sites for hydroxylation is 3. The van der Waals surface area contributed by atoms with Crippen LogP contribution >= 0.6 is 0 Å². The maximum Gasteiger partial charge on any atom is 0.245 e. The largest absolute Gasteiger partial charge is 0.311 e. The molecule has 0 aromatic heterocycles. The summed E-state index contributed by atoms with van der Waals surface area (Å²) in [5.41, 5.74) is 3.09. The minimum absolute atomic E-state index is 0.189. The number of hydrogen-bond acceptors (Lipinski definition) is 3. The number of nitrogens with one attached hydrogen (secondary N) is 1. The molecule has 1 aliphatic heterocycles. The Hall–Kier alpha value is -2.25. The molecule has 26 heavy (non-hydrogen) atoms. The first kappa shape index (κ1) is 18.5. The second-order valence-corrected chi connectivity index (χ2v) is 8.31. The van der Waals surface area contributed by atoms with Crippen LogP contribution in [0.15, 0.2) is 41.3 Å². The molecule has 2 aromatic rings. The summed E-state index contributed by atoms with van der Waals surface area (Å²) in [7, 11) is -3.82. The van der Waals surface area contributed by atoms with Crippen molar-refractivity contribution in [3.8, 4) is 0 Å². The maximum atomic E-state index is 13.1. The Kier molecular flexibility index (Phi) is 4.86. The number of carbonyl (C=O) groups excluding carboxylic acids is 1. The molecule has 1 N–H and O–H groups in total. The number of amides is 1. The highest BCUT2D eigenvalue weighted by atomic mass is 32.2. The zero-order valence-electron chi connectivity index (χ0n) is 14.9. The van der Waals surface area contributed by atoms with Crippen LogP contribution in [0, 0.1) is 26.6 Å². The summed E-state index contributed by atoms with van der Waals surface area (Å²) in [4.78, 5) is 14.3. The highest BCUT2D eigenvalue weighted by Gasteiger charge is 2.36. The molecule has 138 valence electrons. The molecular weight excluding hydrogens is 355 g/mol. The SMILES string of the molecule is Cc1cc(C)c(S(=O)(=O)N[C@H]2CCN(c3ccc(F)cc3)C2=O)cc1C. The van der Waals surface area contributed by atoms with E-state index in [4.69, 9.17) is 0 Å². The minimum atomic E-state index is -3.82. The van der Waals surface area contributed by atoms with Crippen molar-refractivity contribution in [1.29, 1.82) is 0 Å². The van der Waals surface area contributed by atoms with E-state index in [1.54, 1.807) is 13.0 Å². The maximum absolute atomic E-state index is 13.1. The van der Waals surface area contributed by atoms with Gasteiger partial charge in [-0.2, -0.15) is 4.72 Å². The van der Waals surface area contributed by atoms with Gasteiger partial charge in [0, 0.05) is 12.2 Å². The number of nitrogens with zero attached hydrogens (tertiary/aromatic N) is 1. The third kappa shape index (κ3) is 3.50. The van der Waals surface area contributed by atoms with Crippen LogP contribution in [0.1, 0.15) is 23.1 Å². The molecule has 0 spiro atoms. The lowest BCUT2D eigenvalue weighted by atomic mass is 10.1. The van der Waals surface area contributed by atoms with Gasteiger partial charge in [-0.15, -0.1) is 0 Å². The van der Waals surface area contributed by atoms with E-state index in [1.165, 1.54) is 29.2 Å². The van der Waals surface area contributed by atoms with Crippen LogP contribution in [0.25, 0.3) is 0 Å². The molecule has 0 saturated carbocycles. The quantitative estimate of drug-likeness (QED) is 0.892. The molecule has 1 heterocycles. The molecule has 5 nitrogen and oxygen atoms in total. The van der Waals surface area contributed by atoms with Crippen LogP contribution in [0.4, 0.5) is 10.1 Å². The second kappa shape index (κ2) is 6.81. The highest BCUT2D eigenvalue weighted by molar-refractivity contribution is 7.89. The molecule has 1 fully saturated rings. The number of benzene rings is 2. The molecule has 3 rings (SSSR count). The van der Waals surface area contributed by atoms with Crippen molar-refractivity contribution in [3.05, 3.63) is 58.9 Å². The first-order valence-corrected chi connectivity index (χ1v) is 9.84. The van der Waals surface area contributed by atoms with E-state index in [-0.39, 0.29) is 16.6 Å². The van der Waals surface area contributed by atoms with Gasteiger partial charge in [0.25, 0.3) is 0 Å². The van der Waals surface area contributed by atoms with E-state index in [0.29, 0.717) is 24.2 Å². The summed E-state index contributed by atoms with van der Waals surface area (Å²) >= 11 is 0.